The molecule has 0 spiro atoms. The van der Waals surface area contributed by atoms with E-state index in [1.807, 2.05) is 0 Å². The average molecular weight is 341 g/mol. The van der Waals surface area contributed by atoms with E-state index in [1.165, 1.54) is 18.2 Å². The zero-order chi connectivity index (χ0) is 14.7. The highest BCUT2D eigenvalue weighted by Crippen LogP contribution is 2.16. The normalized spacial score (nSPS) is 10.3. The Bertz CT molecular complexity index is 662. The van der Waals surface area contributed by atoms with Gasteiger partial charge in [0, 0.05) is 22.1 Å². The van der Waals surface area contributed by atoms with Crippen LogP contribution in [0.25, 0.3) is 0 Å². The van der Waals surface area contributed by atoms with Gasteiger partial charge in [-0.2, -0.15) is 0 Å². The third-order valence-electron chi connectivity index (χ3n) is 2.71. The lowest BCUT2D eigenvalue weighted by Gasteiger charge is -2.07. The Hall–Kier alpha value is -1.95. The molecule has 20 heavy (non-hydrogen) atoms. The van der Waals surface area contributed by atoms with Gasteiger partial charge in [0.15, 0.2) is 0 Å². The second-order valence-corrected chi connectivity index (χ2v) is 5.07. The standard InChI is InChI=1S/C14H11BrF2N2O/c15-10-2-4-11(16)9(5-10)7-19-14(20)8-1-3-12(17)13(18)6-8/h1-6H,7,18H2,(H,19,20). The van der Waals surface area contributed by atoms with E-state index < -0.39 is 17.5 Å². The zero-order valence-electron chi connectivity index (χ0n) is 10.3. The minimum absolute atomic E-state index is 0.0292. The van der Waals surface area contributed by atoms with Crippen LogP contribution in [0.1, 0.15) is 15.9 Å². The van der Waals surface area contributed by atoms with Gasteiger partial charge in [-0.1, -0.05) is 15.9 Å². The van der Waals surface area contributed by atoms with Gasteiger partial charge in [0.1, 0.15) is 11.6 Å². The monoisotopic (exact) mass is 340 g/mol. The first-order chi connectivity index (χ1) is 9.47. The summed E-state index contributed by atoms with van der Waals surface area (Å²) in [5.74, 6) is -1.44. The molecule has 6 heteroatoms. The molecule has 0 atom stereocenters. The van der Waals surface area contributed by atoms with Crippen molar-refractivity contribution >= 4 is 27.5 Å². The van der Waals surface area contributed by atoms with E-state index in [9.17, 15) is 13.6 Å². The first-order valence-corrected chi connectivity index (χ1v) is 6.54. The summed E-state index contributed by atoms with van der Waals surface area (Å²) in [5.41, 5.74) is 5.85. The predicted molar refractivity (Wildman–Crippen MR) is 76.1 cm³/mol. The van der Waals surface area contributed by atoms with Crippen molar-refractivity contribution in [2.75, 3.05) is 5.73 Å². The molecule has 0 aliphatic heterocycles. The molecule has 0 unspecified atom stereocenters. The molecule has 0 saturated heterocycles. The molecule has 2 rings (SSSR count). The number of nitrogens with two attached hydrogens (primary N) is 1. The van der Waals surface area contributed by atoms with Crippen molar-refractivity contribution in [1.82, 2.24) is 5.32 Å². The van der Waals surface area contributed by atoms with Gasteiger partial charge >= 0.3 is 0 Å². The summed E-state index contributed by atoms with van der Waals surface area (Å²) in [4.78, 5) is 11.9. The highest BCUT2D eigenvalue weighted by atomic mass is 79.9. The number of nitrogen functional groups attached to an aromatic ring is 1. The fourth-order valence-corrected chi connectivity index (χ4v) is 2.05. The maximum atomic E-state index is 13.5. The Morgan fingerprint density at radius 2 is 1.85 bits per heavy atom. The molecule has 0 aliphatic carbocycles. The van der Waals surface area contributed by atoms with Crippen LogP contribution >= 0.6 is 15.9 Å². The molecule has 2 aromatic rings. The molecular weight excluding hydrogens is 330 g/mol. The molecule has 0 fully saturated rings. The number of hydrogen-bond donors (Lipinski definition) is 2. The molecule has 1 amide bonds. The summed E-state index contributed by atoms with van der Waals surface area (Å²) >= 11 is 3.23. The first-order valence-electron chi connectivity index (χ1n) is 5.74. The van der Waals surface area contributed by atoms with Crippen LogP contribution in [0.15, 0.2) is 40.9 Å². The van der Waals surface area contributed by atoms with E-state index in [4.69, 9.17) is 5.73 Å². The first kappa shape index (κ1) is 14.5. The van der Waals surface area contributed by atoms with Gasteiger partial charge in [0.25, 0.3) is 5.91 Å². The Morgan fingerprint density at radius 1 is 1.15 bits per heavy atom. The van der Waals surface area contributed by atoms with Crippen molar-refractivity contribution in [3.8, 4) is 0 Å². The zero-order valence-corrected chi connectivity index (χ0v) is 11.9. The second-order valence-electron chi connectivity index (χ2n) is 4.15. The number of benzene rings is 2. The van der Waals surface area contributed by atoms with Crippen LogP contribution < -0.4 is 11.1 Å². The highest BCUT2D eigenvalue weighted by molar-refractivity contribution is 9.10. The van der Waals surface area contributed by atoms with Gasteiger partial charge in [0.05, 0.1) is 5.69 Å². The lowest BCUT2D eigenvalue weighted by Crippen LogP contribution is -2.23. The van der Waals surface area contributed by atoms with Gasteiger partial charge in [-0.3, -0.25) is 4.79 Å². The predicted octanol–water partition coefficient (Wildman–Crippen LogP) is 3.24. The minimum Gasteiger partial charge on any atom is -0.396 e. The van der Waals surface area contributed by atoms with Gasteiger partial charge in [-0.05, 0) is 36.4 Å². The Balaban J connectivity index is 2.08. The summed E-state index contributed by atoms with van der Waals surface area (Å²) in [6, 6.07) is 8.13. The molecule has 0 aromatic heterocycles. The van der Waals surface area contributed by atoms with Crippen LogP contribution in [0.3, 0.4) is 0 Å². The van der Waals surface area contributed by atoms with Crippen LogP contribution in [0.4, 0.5) is 14.5 Å². The number of hydrogen-bond acceptors (Lipinski definition) is 2. The van der Waals surface area contributed by atoms with Crippen molar-refractivity contribution in [1.29, 1.82) is 0 Å². The molecule has 3 nitrogen and oxygen atoms in total. The number of rotatable bonds is 3. The van der Waals surface area contributed by atoms with Crippen LogP contribution in [0.2, 0.25) is 0 Å². The Labute approximate surface area is 122 Å². The van der Waals surface area contributed by atoms with Gasteiger partial charge in [0.2, 0.25) is 0 Å². The van der Waals surface area contributed by atoms with Crippen LogP contribution in [0, 0.1) is 11.6 Å². The maximum absolute atomic E-state index is 13.5. The summed E-state index contributed by atoms with van der Waals surface area (Å²) in [6.45, 7) is 0.0292. The molecule has 2 aromatic carbocycles. The third-order valence-corrected chi connectivity index (χ3v) is 3.20. The summed E-state index contributed by atoms with van der Waals surface area (Å²) in [5, 5.41) is 2.55. The average Bonchev–Trinajstić information content (AvgIpc) is 2.42. The Kier molecular flexibility index (Phi) is 4.34. The number of nitrogens with one attached hydrogen (secondary N) is 1. The van der Waals surface area contributed by atoms with Crippen molar-refractivity contribution in [3.63, 3.8) is 0 Å². The SMILES string of the molecule is Nc1cc(C(=O)NCc2cc(Br)ccc2F)ccc1F. The smallest absolute Gasteiger partial charge is 0.251 e. The molecule has 0 aliphatic rings. The number of halogens is 3. The van der Waals surface area contributed by atoms with E-state index in [0.717, 1.165) is 6.07 Å². The molecule has 0 radical (unpaired) electrons. The Morgan fingerprint density at radius 3 is 2.55 bits per heavy atom. The largest absolute Gasteiger partial charge is 0.396 e. The molecule has 3 N–H and O–H groups in total. The van der Waals surface area contributed by atoms with Gasteiger partial charge in [-0.25, -0.2) is 8.78 Å². The van der Waals surface area contributed by atoms with Gasteiger partial charge in [-0.15, -0.1) is 0 Å². The molecule has 0 heterocycles. The van der Waals surface area contributed by atoms with E-state index in [-0.39, 0.29) is 17.8 Å². The quantitative estimate of drug-likeness (QED) is 0.842. The summed E-state index contributed by atoms with van der Waals surface area (Å²) < 4.78 is 27.2. The van der Waals surface area contributed by atoms with E-state index in [2.05, 4.69) is 21.2 Å². The van der Waals surface area contributed by atoms with Crippen molar-refractivity contribution in [2.45, 2.75) is 6.54 Å². The number of anilines is 1. The number of amides is 1. The molecule has 0 bridgehead atoms. The van der Waals surface area contributed by atoms with E-state index in [1.54, 1.807) is 12.1 Å². The van der Waals surface area contributed by atoms with Crippen LogP contribution in [0.5, 0.6) is 0 Å². The number of carbonyl (C=O) groups is 1. The summed E-state index contributed by atoms with van der Waals surface area (Å²) in [7, 11) is 0. The molecule has 0 saturated carbocycles. The van der Waals surface area contributed by atoms with Gasteiger partial charge < -0.3 is 11.1 Å². The van der Waals surface area contributed by atoms with Crippen molar-refractivity contribution < 1.29 is 13.6 Å². The molecule has 104 valence electrons. The second kappa shape index (κ2) is 6.00. The molecular formula is C14H11BrF2N2O. The number of carbonyl (C=O) groups excluding carboxylic acids is 1. The van der Waals surface area contributed by atoms with Crippen LogP contribution in [-0.4, -0.2) is 5.91 Å². The van der Waals surface area contributed by atoms with Crippen LogP contribution in [-0.2, 0) is 6.54 Å². The van der Waals surface area contributed by atoms with E-state index >= 15 is 0 Å². The lowest BCUT2D eigenvalue weighted by atomic mass is 10.1. The summed E-state index contributed by atoms with van der Waals surface area (Å²) in [6.07, 6.45) is 0. The minimum atomic E-state index is -0.584. The fourth-order valence-electron chi connectivity index (χ4n) is 1.64. The fraction of sp³-hybridized carbons (Fsp3) is 0.0714. The maximum Gasteiger partial charge on any atom is 0.251 e. The topological polar surface area (TPSA) is 55.1 Å². The van der Waals surface area contributed by atoms with E-state index in [0.29, 0.717) is 10.0 Å². The van der Waals surface area contributed by atoms with Crippen molar-refractivity contribution in [2.24, 2.45) is 0 Å². The lowest BCUT2D eigenvalue weighted by molar-refractivity contribution is 0.0950. The highest BCUT2D eigenvalue weighted by Gasteiger charge is 2.09. The van der Waals surface area contributed by atoms with Crippen molar-refractivity contribution in [3.05, 3.63) is 63.6 Å². The third kappa shape index (κ3) is 3.33.